The van der Waals surface area contributed by atoms with E-state index in [1.165, 1.54) is 0 Å². The molecule has 1 saturated heterocycles. The van der Waals surface area contributed by atoms with Crippen LogP contribution in [-0.4, -0.2) is 117 Å². The number of primary amides is 1. The Morgan fingerprint density at radius 1 is 0.857 bits per heavy atom. The fourth-order valence-corrected chi connectivity index (χ4v) is 3.33. The summed E-state index contributed by atoms with van der Waals surface area (Å²) in [5.41, 5.74) is 10.4. The van der Waals surface area contributed by atoms with Gasteiger partial charge in [0.2, 0.25) is 29.5 Å². The van der Waals surface area contributed by atoms with Gasteiger partial charge in [-0.3, -0.25) is 24.0 Å². The number of hydrogen-bond acceptors (Lipinski definition) is 10. The molecule has 0 spiro atoms. The lowest BCUT2D eigenvalue weighted by Gasteiger charge is -2.28. The number of carboxylic acid groups (broad SMARTS) is 1. The van der Waals surface area contributed by atoms with E-state index in [4.69, 9.17) is 16.6 Å². The average Bonchev–Trinajstić information content (AvgIpc) is 3.32. The number of carboxylic acids is 1. The lowest BCUT2D eigenvalue weighted by Crippen LogP contribution is -2.60. The van der Waals surface area contributed by atoms with E-state index >= 15 is 0 Å². The number of carbonyl (C=O) groups excluding carboxylic acids is 5. The standard InChI is InChI=1S/C19H32N6O10/c20-9(6-26)15(30)23-11(7-27)17(32)24-12(8-28)16(31)22-10(3-4-14(21)29)18(33)25-5-1-2-13(25)19(34)35/h9-13,26-28H,1-8,20H2,(H2,21,29)(H,22,31)(H,23,30)(H,24,32)(H,34,35)/t9-,10-,11-,12-,13-/m0/s1. The highest BCUT2D eigenvalue weighted by atomic mass is 16.4. The number of amides is 5. The third-order valence-corrected chi connectivity index (χ3v) is 5.28. The van der Waals surface area contributed by atoms with Gasteiger partial charge in [0, 0.05) is 13.0 Å². The first-order chi connectivity index (χ1) is 16.5. The normalized spacial score (nSPS) is 18.6. The van der Waals surface area contributed by atoms with Crippen LogP contribution in [0.5, 0.6) is 0 Å². The highest BCUT2D eigenvalue weighted by Gasteiger charge is 2.38. The topological polar surface area (TPSA) is 275 Å². The van der Waals surface area contributed by atoms with Gasteiger partial charge in [-0.15, -0.1) is 0 Å². The van der Waals surface area contributed by atoms with Crippen molar-refractivity contribution >= 4 is 35.5 Å². The number of nitrogens with one attached hydrogen (secondary N) is 3. The molecule has 0 aliphatic carbocycles. The lowest BCUT2D eigenvalue weighted by molar-refractivity contribution is -0.149. The number of hydrogen-bond donors (Lipinski definition) is 9. The number of nitrogens with two attached hydrogens (primary N) is 2. The number of likely N-dealkylation sites (tertiary alicyclic amines) is 1. The first-order valence-electron chi connectivity index (χ1n) is 10.8. The van der Waals surface area contributed by atoms with Crippen LogP contribution in [0.3, 0.4) is 0 Å². The summed E-state index contributed by atoms with van der Waals surface area (Å²) in [6, 6.07) is -7.07. The molecule has 0 aromatic carbocycles. The molecule has 0 aromatic rings. The van der Waals surface area contributed by atoms with Gasteiger partial charge < -0.3 is 52.7 Å². The zero-order valence-electron chi connectivity index (χ0n) is 18.9. The second-order valence-corrected chi connectivity index (χ2v) is 7.87. The van der Waals surface area contributed by atoms with Crippen molar-refractivity contribution in [2.24, 2.45) is 11.5 Å². The van der Waals surface area contributed by atoms with E-state index in [2.05, 4.69) is 16.0 Å². The molecule has 198 valence electrons. The predicted octanol–water partition coefficient (Wildman–Crippen LogP) is -5.91. The van der Waals surface area contributed by atoms with Gasteiger partial charge in [-0.05, 0) is 19.3 Å². The summed E-state index contributed by atoms with van der Waals surface area (Å²) in [6.07, 6.45) is 0.0508. The van der Waals surface area contributed by atoms with Gasteiger partial charge in [-0.2, -0.15) is 0 Å². The molecule has 35 heavy (non-hydrogen) atoms. The molecule has 1 aliphatic heterocycles. The van der Waals surface area contributed by atoms with Crippen LogP contribution in [-0.2, 0) is 28.8 Å². The van der Waals surface area contributed by atoms with Gasteiger partial charge in [0.05, 0.1) is 19.8 Å². The highest BCUT2D eigenvalue weighted by molar-refractivity contribution is 5.95. The third-order valence-electron chi connectivity index (χ3n) is 5.28. The maximum absolute atomic E-state index is 12.9. The number of aliphatic hydroxyl groups is 3. The van der Waals surface area contributed by atoms with E-state index < -0.39 is 85.5 Å². The van der Waals surface area contributed by atoms with Crippen molar-refractivity contribution in [3.05, 3.63) is 0 Å². The fourth-order valence-electron chi connectivity index (χ4n) is 3.33. The Kier molecular flexibility index (Phi) is 12.0. The Hall–Kier alpha value is -3.34. The van der Waals surface area contributed by atoms with E-state index in [0.29, 0.717) is 6.42 Å². The fraction of sp³-hybridized carbons (Fsp3) is 0.684. The smallest absolute Gasteiger partial charge is 0.326 e. The summed E-state index contributed by atoms with van der Waals surface area (Å²) >= 11 is 0. The Bertz CT molecular complexity index is 809. The molecule has 0 bridgehead atoms. The Labute approximate surface area is 200 Å². The van der Waals surface area contributed by atoms with Crippen molar-refractivity contribution in [2.75, 3.05) is 26.4 Å². The SMILES string of the molecule is NC(=O)CC[C@H](NC(=O)[C@H](CO)NC(=O)[C@H](CO)NC(=O)[C@@H](N)CO)C(=O)N1CCC[C@H]1C(=O)O. The van der Waals surface area contributed by atoms with E-state index in [1.807, 2.05) is 0 Å². The van der Waals surface area contributed by atoms with Crippen molar-refractivity contribution in [1.29, 1.82) is 0 Å². The van der Waals surface area contributed by atoms with E-state index in [0.717, 1.165) is 4.90 Å². The maximum Gasteiger partial charge on any atom is 0.326 e. The molecule has 16 heteroatoms. The zero-order valence-corrected chi connectivity index (χ0v) is 18.9. The van der Waals surface area contributed by atoms with Crippen molar-refractivity contribution in [2.45, 2.75) is 55.9 Å². The molecule has 1 fully saturated rings. The summed E-state index contributed by atoms with van der Waals surface area (Å²) in [6.45, 7) is -2.46. The number of aliphatic carboxylic acids is 1. The summed E-state index contributed by atoms with van der Waals surface area (Å²) in [4.78, 5) is 73.5. The molecule has 16 nitrogen and oxygen atoms in total. The second kappa shape index (κ2) is 14.1. The van der Waals surface area contributed by atoms with Crippen LogP contribution in [0.4, 0.5) is 0 Å². The summed E-state index contributed by atoms with van der Waals surface area (Å²) < 4.78 is 0. The van der Waals surface area contributed by atoms with Crippen LogP contribution in [0.1, 0.15) is 25.7 Å². The lowest BCUT2D eigenvalue weighted by atomic mass is 10.1. The predicted molar refractivity (Wildman–Crippen MR) is 116 cm³/mol. The zero-order chi connectivity index (χ0) is 26.7. The first kappa shape index (κ1) is 29.7. The van der Waals surface area contributed by atoms with Crippen molar-refractivity contribution in [1.82, 2.24) is 20.9 Å². The number of carbonyl (C=O) groups is 6. The Balaban J connectivity index is 2.93. The minimum Gasteiger partial charge on any atom is -0.480 e. The van der Waals surface area contributed by atoms with Gasteiger partial charge in [0.25, 0.3) is 0 Å². The molecular weight excluding hydrogens is 472 g/mol. The van der Waals surface area contributed by atoms with Crippen LogP contribution >= 0.6 is 0 Å². The van der Waals surface area contributed by atoms with Gasteiger partial charge in [0.1, 0.15) is 30.2 Å². The molecule has 0 saturated carbocycles. The molecule has 0 aromatic heterocycles. The summed E-state index contributed by atoms with van der Waals surface area (Å²) in [5, 5.41) is 43.6. The number of rotatable bonds is 14. The minimum atomic E-state index is -1.64. The van der Waals surface area contributed by atoms with Crippen LogP contribution in [0.15, 0.2) is 0 Å². The maximum atomic E-state index is 12.9. The Morgan fingerprint density at radius 2 is 1.37 bits per heavy atom. The molecule has 1 rings (SSSR count). The molecule has 1 heterocycles. The van der Waals surface area contributed by atoms with Gasteiger partial charge in [-0.1, -0.05) is 0 Å². The third kappa shape index (κ3) is 8.75. The van der Waals surface area contributed by atoms with Crippen molar-refractivity contribution in [3.63, 3.8) is 0 Å². The molecule has 0 unspecified atom stereocenters. The van der Waals surface area contributed by atoms with E-state index in [9.17, 15) is 44.1 Å². The highest BCUT2D eigenvalue weighted by Crippen LogP contribution is 2.19. The Morgan fingerprint density at radius 3 is 1.83 bits per heavy atom. The average molecular weight is 504 g/mol. The van der Waals surface area contributed by atoms with Gasteiger partial charge >= 0.3 is 5.97 Å². The molecule has 11 N–H and O–H groups in total. The second-order valence-electron chi connectivity index (χ2n) is 7.87. The van der Waals surface area contributed by atoms with E-state index in [-0.39, 0.29) is 25.8 Å². The minimum absolute atomic E-state index is 0.118. The van der Waals surface area contributed by atoms with Crippen molar-refractivity contribution in [3.8, 4) is 0 Å². The van der Waals surface area contributed by atoms with Crippen LogP contribution in [0.2, 0.25) is 0 Å². The summed E-state index contributed by atoms with van der Waals surface area (Å²) in [5.74, 6) is -5.86. The number of nitrogens with zero attached hydrogens (tertiary/aromatic N) is 1. The molecule has 5 atom stereocenters. The quantitative estimate of drug-likeness (QED) is 0.107. The molecular formula is C19H32N6O10. The van der Waals surface area contributed by atoms with Gasteiger partial charge in [0.15, 0.2) is 0 Å². The number of aliphatic hydroxyl groups excluding tert-OH is 3. The van der Waals surface area contributed by atoms with Crippen LogP contribution in [0.25, 0.3) is 0 Å². The molecule has 0 radical (unpaired) electrons. The van der Waals surface area contributed by atoms with Crippen molar-refractivity contribution < 1.29 is 49.2 Å². The largest absolute Gasteiger partial charge is 0.480 e. The molecule has 5 amide bonds. The van der Waals surface area contributed by atoms with Crippen LogP contribution in [0, 0.1) is 0 Å². The molecule has 1 aliphatic rings. The monoisotopic (exact) mass is 504 g/mol. The van der Waals surface area contributed by atoms with E-state index in [1.54, 1.807) is 0 Å². The van der Waals surface area contributed by atoms with Gasteiger partial charge in [-0.25, -0.2) is 4.79 Å². The summed E-state index contributed by atoms with van der Waals surface area (Å²) in [7, 11) is 0. The first-order valence-corrected chi connectivity index (χ1v) is 10.8. The van der Waals surface area contributed by atoms with Crippen LogP contribution < -0.4 is 27.4 Å².